The molecule has 0 bridgehead atoms. The number of thioether (sulfide) groups is 1. The van der Waals surface area contributed by atoms with Gasteiger partial charge in [0.25, 0.3) is 5.91 Å². The van der Waals surface area contributed by atoms with E-state index in [1.807, 2.05) is 20.1 Å². The van der Waals surface area contributed by atoms with Crippen LogP contribution in [-0.2, 0) is 9.53 Å². The van der Waals surface area contributed by atoms with Crippen molar-refractivity contribution in [2.45, 2.75) is 31.1 Å². The molecular formula is C10H16N2O2S2. The molecule has 16 heavy (non-hydrogen) atoms. The first kappa shape index (κ1) is 13.5. The van der Waals surface area contributed by atoms with Gasteiger partial charge < -0.3 is 4.74 Å². The van der Waals surface area contributed by atoms with Crippen LogP contribution in [0, 0.1) is 6.92 Å². The van der Waals surface area contributed by atoms with E-state index < -0.39 is 6.10 Å². The molecule has 1 heterocycles. The van der Waals surface area contributed by atoms with E-state index in [0.29, 0.717) is 11.7 Å². The minimum Gasteiger partial charge on any atom is -0.369 e. The largest absolute Gasteiger partial charge is 0.369 e. The molecular weight excluding hydrogens is 244 g/mol. The van der Waals surface area contributed by atoms with Crippen molar-refractivity contribution in [3.8, 4) is 0 Å². The summed E-state index contributed by atoms with van der Waals surface area (Å²) in [5.41, 5.74) is 0.955. The lowest BCUT2D eigenvalue weighted by Gasteiger charge is -2.09. The fraction of sp³-hybridized carbons (Fsp3) is 0.600. The van der Waals surface area contributed by atoms with Crippen molar-refractivity contribution in [1.29, 1.82) is 0 Å². The molecule has 1 atom stereocenters. The molecule has 6 heteroatoms. The Kier molecular flexibility index (Phi) is 5.24. The Balaban J connectivity index is 2.62. The van der Waals surface area contributed by atoms with Crippen LogP contribution in [0.15, 0.2) is 4.21 Å². The van der Waals surface area contributed by atoms with E-state index in [1.54, 1.807) is 18.7 Å². The van der Waals surface area contributed by atoms with Crippen molar-refractivity contribution >= 4 is 34.1 Å². The first-order valence-corrected chi connectivity index (χ1v) is 7.06. The first-order valence-electron chi connectivity index (χ1n) is 5.02. The van der Waals surface area contributed by atoms with E-state index in [2.05, 4.69) is 10.3 Å². The number of hydrogen-bond acceptors (Lipinski definition) is 5. The highest BCUT2D eigenvalue weighted by atomic mass is 32.2. The number of nitrogens with one attached hydrogen (secondary N) is 1. The molecule has 0 aliphatic rings. The second-order valence-electron chi connectivity index (χ2n) is 3.18. The summed E-state index contributed by atoms with van der Waals surface area (Å²) >= 11 is 3.12. The summed E-state index contributed by atoms with van der Waals surface area (Å²) in [5, 5.41) is 3.39. The van der Waals surface area contributed by atoms with Gasteiger partial charge in [-0.1, -0.05) is 11.3 Å². The maximum absolute atomic E-state index is 11.6. The third-order valence-corrected chi connectivity index (χ3v) is 4.24. The molecule has 0 radical (unpaired) electrons. The molecule has 0 fully saturated rings. The smallest absolute Gasteiger partial charge is 0.254 e. The van der Waals surface area contributed by atoms with Crippen molar-refractivity contribution in [1.82, 2.24) is 4.98 Å². The second kappa shape index (κ2) is 6.22. The van der Waals surface area contributed by atoms with Gasteiger partial charge in [-0.2, -0.15) is 0 Å². The summed E-state index contributed by atoms with van der Waals surface area (Å²) < 4.78 is 6.32. The number of rotatable bonds is 5. The number of thiazole rings is 1. The molecule has 0 aromatic carbocycles. The van der Waals surface area contributed by atoms with Crippen molar-refractivity contribution in [3.05, 3.63) is 5.69 Å². The van der Waals surface area contributed by atoms with E-state index in [9.17, 15) is 4.79 Å². The maximum Gasteiger partial charge on any atom is 0.254 e. The van der Waals surface area contributed by atoms with Crippen LogP contribution in [0.4, 0.5) is 5.13 Å². The van der Waals surface area contributed by atoms with Gasteiger partial charge in [-0.05, 0) is 27.0 Å². The van der Waals surface area contributed by atoms with Crippen LogP contribution in [-0.4, -0.2) is 29.9 Å². The summed E-state index contributed by atoms with van der Waals surface area (Å²) in [6.07, 6.45) is 1.56. The Labute approximate surface area is 104 Å². The lowest BCUT2D eigenvalue weighted by molar-refractivity contribution is -0.126. The monoisotopic (exact) mass is 260 g/mol. The van der Waals surface area contributed by atoms with Crippen LogP contribution in [0.5, 0.6) is 0 Å². The molecule has 0 saturated heterocycles. The van der Waals surface area contributed by atoms with Crippen LogP contribution in [0.1, 0.15) is 19.5 Å². The maximum atomic E-state index is 11.6. The minimum atomic E-state index is -0.438. The zero-order chi connectivity index (χ0) is 12.1. The van der Waals surface area contributed by atoms with Gasteiger partial charge in [0, 0.05) is 6.61 Å². The third-order valence-electron chi connectivity index (χ3n) is 1.96. The molecule has 0 aliphatic carbocycles. The van der Waals surface area contributed by atoms with Gasteiger partial charge in [0.2, 0.25) is 0 Å². The molecule has 1 aromatic rings. The SMILES string of the molecule is CCO[C@H](C)C(=O)Nc1nc(C)c(SC)s1. The number of aromatic nitrogens is 1. The lowest BCUT2D eigenvalue weighted by Crippen LogP contribution is -2.27. The molecule has 0 spiro atoms. The van der Waals surface area contributed by atoms with Crippen LogP contribution in [0.3, 0.4) is 0 Å². The quantitative estimate of drug-likeness (QED) is 0.827. The fourth-order valence-electron chi connectivity index (χ4n) is 1.16. The Morgan fingerprint density at radius 1 is 1.69 bits per heavy atom. The number of carbonyl (C=O) groups excluding carboxylic acids is 1. The minimum absolute atomic E-state index is 0.150. The fourth-order valence-corrected chi connectivity index (χ4v) is 2.77. The van der Waals surface area contributed by atoms with Gasteiger partial charge in [0.05, 0.1) is 9.90 Å². The Bertz CT molecular complexity index is 366. The molecule has 1 rings (SSSR count). The molecule has 1 N–H and O–H groups in total. The van der Waals surface area contributed by atoms with E-state index in [-0.39, 0.29) is 5.91 Å². The first-order chi connectivity index (χ1) is 7.58. The van der Waals surface area contributed by atoms with Crippen LogP contribution >= 0.6 is 23.1 Å². The number of aryl methyl sites for hydroxylation is 1. The molecule has 0 saturated carbocycles. The number of carbonyl (C=O) groups is 1. The van der Waals surface area contributed by atoms with Crippen molar-refractivity contribution < 1.29 is 9.53 Å². The van der Waals surface area contributed by atoms with Gasteiger partial charge in [0.15, 0.2) is 5.13 Å². The topological polar surface area (TPSA) is 51.2 Å². The van der Waals surface area contributed by atoms with Crippen LogP contribution < -0.4 is 5.32 Å². The molecule has 4 nitrogen and oxygen atoms in total. The van der Waals surface area contributed by atoms with E-state index in [0.717, 1.165) is 9.90 Å². The normalized spacial score (nSPS) is 12.5. The Morgan fingerprint density at radius 3 is 2.88 bits per heavy atom. The highest BCUT2D eigenvalue weighted by Crippen LogP contribution is 2.30. The van der Waals surface area contributed by atoms with Gasteiger partial charge in [0.1, 0.15) is 6.10 Å². The molecule has 0 unspecified atom stereocenters. The third kappa shape index (κ3) is 3.47. The highest BCUT2D eigenvalue weighted by molar-refractivity contribution is 8.00. The standard InChI is InChI=1S/C10H16N2O2S2/c1-5-14-7(3)8(13)12-10-11-6(2)9(15-4)16-10/h7H,5H2,1-4H3,(H,11,12,13)/t7-/m1/s1. The van der Waals surface area contributed by atoms with E-state index >= 15 is 0 Å². The zero-order valence-electron chi connectivity index (χ0n) is 9.86. The average molecular weight is 260 g/mol. The summed E-state index contributed by atoms with van der Waals surface area (Å²) in [7, 11) is 0. The predicted molar refractivity (Wildman–Crippen MR) is 68.3 cm³/mol. The van der Waals surface area contributed by atoms with Crippen LogP contribution in [0.2, 0.25) is 0 Å². The second-order valence-corrected chi connectivity index (χ2v) is 5.26. The lowest BCUT2D eigenvalue weighted by atomic mass is 10.4. The predicted octanol–water partition coefficient (Wildman–Crippen LogP) is 2.54. The highest BCUT2D eigenvalue weighted by Gasteiger charge is 2.15. The van der Waals surface area contributed by atoms with Gasteiger partial charge >= 0.3 is 0 Å². The van der Waals surface area contributed by atoms with E-state index in [4.69, 9.17) is 4.74 Å². The Morgan fingerprint density at radius 2 is 2.38 bits per heavy atom. The van der Waals surface area contributed by atoms with Gasteiger partial charge in [-0.15, -0.1) is 11.8 Å². The number of amides is 1. The average Bonchev–Trinajstić information content (AvgIpc) is 2.59. The Hall–Kier alpha value is -0.590. The van der Waals surface area contributed by atoms with Crippen LogP contribution in [0.25, 0.3) is 0 Å². The molecule has 90 valence electrons. The van der Waals surface area contributed by atoms with E-state index in [1.165, 1.54) is 11.3 Å². The van der Waals surface area contributed by atoms with Crippen molar-refractivity contribution in [2.24, 2.45) is 0 Å². The number of hydrogen-bond donors (Lipinski definition) is 1. The molecule has 0 aliphatic heterocycles. The zero-order valence-corrected chi connectivity index (χ0v) is 11.5. The van der Waals surface area contributed by atoms with Crippen molar-refractivity contribution in [3.63, 3.8) is 0 Å². The molecule has 1 aromatic heterocycles. The number of nitrogens with zero attached hydrogens (tertiary/aromatic N) is 1. The molecule has 1 amide bonds. The van der Waals surface area contributed by atoms with Gasteiger partial charge in [-0.25, -0.2) is 4.98 Å². The summed E-state index contributed by atoms with van der Waals surface area (Å²) in [6, 6.07) is 0. The summed E-state index contributed by atoms with van der Waals surface area (Å²) in [6.45, 7) is 6.06. The van der Waals surface area contributed by atoms with Gasteiger partial charge in [-0.3, -0.25) is 10.1 Å². The number of anilines is 1. The van der Waals surface area contributed by atoms with Crippen molar-refractivity contribution in [2.75, 3.05) is 18.2 Å². The summed E-state index contributed by atoms with van der Waals surface area (Å²) in [4.78, 5) is 15.9. The number of ether oxygens (including phenoxy) is 1. The summed E-state index contributed by atoms with van der Waals surface area (Å²) in [5.74, 6) is -0.150.